The van der Waals surface area contributed by atoms with E-state index in [4.69, 9.17) is 21.1 Å². The average Bonchev–Trinajstić information content (AvgIpc) is 2.92. The summed E-state index contributed by atoms with van der Waals surface area (Å²) in [5.74, 6) is 1.51. The molecule has 1 aliphatic heterocycles. The minimum Gasteiger partial charge on any atom is -0.454 e. The lowest BCUT2D eigenvalue weighted by atomic mass is 10.1. The molecular formula is C17H26ClNO2. The summed E-state index contributed by atoms with van der Waals surface area (Å²) in [5.41, 5.74) is 0.934. The fraction of sp³-hybridized carbons (Fsp3) is 0.647. The molecule has 0 unspecified atom stereocenters. The van der Waals surface area contributed by atoms with Gasteiger partial charge in [0.15, 0.2) is 11.5 Å². The van der Waals surface area contributed by atoms with E-state index >= 15 is 0 Å². The van der Waals surface area contributed by atoms with Crippen LogP contribution in [0.15, 0.2) is 12.1 Å². The number of fused-ring (bicyclic) bond motifs is 1. The van der Waals surface area contributed by atoms with Crippen LogP contribution in [-0.2, 0) is 0 Å². The second kappa shape index (κ2) is 9.04. The lowest BCUT2D eigenvalue weighted by molar-refractivity contribution is 0.174. The molecule has 2 rings (SSSR count). The normalized spacial score (nSPS) is 12.7. The van der Waals surface area contributed by atoms with Gasteiger partial charge in [-0.2, -0.15) is 0 Å². The van der Waals surface area contributed by atoms with Gasteiger partial charge in [-0.15, -0.1) is 0 Å². The minimum atomic E-state index is 0.285. The number of hydrogen-bond donors (Lipinski definition) is 1. The van der Waals surface area contributed by atoms with E-state index in [1.165, 1.54) is 51.4 Å². The van der Waals surface area contributed by atoms with Crippen LogP contribution in [0.5, 0.6) is 11.5 Å². The van der Waals surface area contributed by atoms with Crippen LogP contribution in [0.25, 0.3) is 0 Å². The molecule has 0 fully saturated rings. The van der Waals surface area contributed by atoms with Gasteiger partial charge in [-0.05, 0) is 6.42 Å². The Morgan fingerprint density at radius 3 is 2.29 bits per heavy atom. The Labute approximate surface area is 133 Å². The smallest absolute Gasteiger partial charge is 0.231 e. The van der Waals surface area contributed by atoms with Crippen LogP contribution in [0.2, 0.25) is 5.02 Å². The van der Waals surface area contributed by atoms with E-state index in [-0.39, 0.29) is 6.79 Å². The third-order valence-corrected chi connectivity index (χ3v) is 4.12. The van der Waals surface area contributed by atoms with Crippen LogP contribution < -0.4 is 14.8 Å². The molecule has 1 heterocycles. The van der Waals surface area contributed by atoms with Crippen molar-refractivity contribution in [2.75, 3.05) is 18.7 Å². The van der Waals surface area contributed by atoms with Gasteiger partial charge in [-0.1, -0.05) is 63.5 Å². The molecular weight excluding hydrogens is 286 g/mol. The van der Waals surface area contributed by atoms with E-state index in [0.717, 1.165) is 23.7 Å². The van der Waals surface area contributed by atoms with Crippen LogP contribution in [0.4, 0.5) is 5.69 Å². The third-order valence-electron chi connectivity index (χ3n) is 3.81. The lowest BCUT2D eigenvalue weighted by Gasteiger charge is -2.09. The van der Waals surface area contributed by atoms with Crippen molar-refractivity contribution >= 4 is 17.3 Å². The number of benzene rings is 1. The lowest BCUT2D eigenvalue weighted by Crippen LogP contribution is -2.02. The molecule has 1 N–H and O–H groups in total. The zero-order valence-corrected chi connectivity index (χ0v) is 13.7. The van der Waals surface area contributed by atoms with Gasteiger partial charge in [0.25, 0.3) is 0 Å². The summed E-state index contributed by atoms with van der Waals surface area (Å²) in [6.07, 6.45) is 10.6. The molecule has 3 nitrogen and oxygen atoms in total. The van der Waals surface area contributed by atoms with Crippen molar-refractivity contribution in [2.24, 2.45) is 0 Å². The highest BCUT2D eigenvalue weighted by atomic mass is 35.5. The molecule has 0 aliphatic carbocycles. The van der Waals surface area contributed by atoms with Crippen LogP contribution in [0.1, 0.15) is 58.3 Å². The number of hydrogen-bond acceptors (Lipinski definition) is 3. The fourth-order valence-corrected chi connectivity index (χ4v) is 2.76. The second-order valence-corrected chi connectivity index (χ2v) is 5.99. The van der Waals surface area contributed by atoms with E-state index in [1.807, 2.05) is 12.1 Å². The quantitative estimate of drug-likeness (QED) is 0.569. The predicted molar refractivity (Wildman–Crippen MR) is 88.7 cm³/mol. The Bertz CT molecular complexity index is 437. The van der Waals surface area contributed by atoms with Crippen molar-refractivity contribution < 1.29 is 9.47 Å². The number of ether oxygens (including phenoxy) is 2. The number of anilines is 1. The van der Waals surface area contributed by atoms with Crippen LogP contribution in [0.3, 0.4) is 0 Å². The van der Waals surface area contributed by atoms with Gasteiger partial charge in [0.05, 0.1) is 10.7 Å². The number of rotatable bonds is 10. The molecule has 1 aliphatic rings. The molecule has 0 saturated heterocycles. The largest absolute Gasteiger partial charge is 0.454 e. The maximum absolute atomic E-state index is 6.22. The van der Waals surface area contributed by atoms with Crippen LogP contribution >= 0.6 is 11.6 Å². The van der Waals surface area contributed by atoms with E-state index in [2.05, 4.69) is 12.2 Å². The topological polar surface area (TPSA) is 30.5 Å². The summed E-state index contributed by atoms with van der Waals surface area (Å²) in [6.45, 7) is 3.49. The summed E-state index contributed by atoms with van der Waals surface area (Å²) in [5, 5.41) is 4.08. The summed E-state index contributed by atoms with van der Waals surface area (Å²) >= 11 is 6.22. The molecule has 0 aromatic heterocycles. The van der Waals surface area contributed by atoms with E-state index in [1.54, 1.807) is 0 Å². The van der Waals surface area contributed by atoms with Gasteiger partial charge in [0, 0.05) is 18.7 Å². The molecule has 1 aromatic rings. The van der Waals surface area contributed by atoms with Gasteiger partial charge in [0.2, 0.25) is 6.79 Å². The predicted octanol–water partition coefficient (Wildman–Crippen LogP) is 5.62. The Hall–Kier alpha value is -1.09. The first-order valence-electron chi connectivity index (χ1n) is 8.14. The van der Waals surface area contributed by atoms with Gasteiger partial charge in [0.1, 0.15) is 0 Å². The van der Waals surface area contributed by atoms with Crippen molar-refractivity contribution in [2.45, 2.75) is 58.3 Å². The summed E-state index contributed by atoms with van der Waals surface area (Å²) in [4.78, 5) is 0. The molecule has 0 bridgehead atoms. The van der Waals surface area contributed by atoms with Crippen molar-refractivity contribution in [1.82, 2.24) is 0 Å². The molecule has 0 atom stereocenters. The SMILES string of the molecule is CCCCCCCCCCNc1cc2c(cc1Cl)OCO2. The van der Waals surface area contributed by atoms with Crippen LogP contribution in [-0.4, -0.2) is 13.3 Å². The third kappa shape index (κ3) is 5.31. The monoisotopic (exact) mass is 311 g/mol. The number of halogens is 1. The van der Waals surface area contributed by atoms with E-state index < -0.39 is 0 Å². The Kier molecular flexibility index (Phi) is 7.01. The zero-order valence-electron chi connectivity index (χ0n) is 12.9. The Balaban J connectivity index is 1.59. The van der Waals surface area contributed by atoms with Gasteiger partial charge >= 0.3 is 0 Å². The highest BCUT2D eigenvalue weighted by Gasteiger charge is 2.16. The minimum absolute atomic E-state index is 0.285. The van der Waals surface area contributed by atoms with Gasteiger partial charge < -0.3 is 14.8 Å². The van der Waals surface area contributed by atoms with E-state index in [9.17, 15) is 0 Å². The molecule has 1 aromatic carbocycles. The molecule has 21 heavy (non-hydrogen) atoms. The summed E-state index contributed by atoms with van der Waals surface area (Å²) in [7, 11) is 0. The molecule has 0 saturated carbocycles. The first-order valence-corrected chi connectivity index (χ1v) is 8.52. The summed E-state index contributed by atoms with van der Waals surface area (Å²) < 4.78 is 10.7. The maximum Gasteiger partial charge on any atom is 0.231 e. The first kappa shape index (κ1) is 16.3. The molecule has 4 heteroatoms. The van der Waals surface area contributed by atoms with Crippen molar-refractivity contribution in [3.05, 3.63) is 17.2 Å². The van der Waals surface area contributed by atoms with Crippen molar-refractivity contribution in [3.63, 3.8) is 0 Å². The zero-order chi connectivity index (χ0) is 14.9. The standard InChI is InChI=1S/C17H26ClNO2/c1-2-3-4-5-6-7-8-9-10-19-15-12-17-16(11-14(15)18)20-13-21-17/h11-12,19H,2-10,13H2,1H3. The van der Waals surface area contributed by atoms with Gasteiger partial charge in [-0.3, -0.25) is 0 Å². The van der Waals surface area contributed by atoms with E-state index in [0.29, 0.717) is 5.02 Å². The maximum atomic E-state index is 6.22. The van der Waals surface area contributed by atoms with Gasteiger partial charge in [-0.25, -0.2) is 0 Å². The van der Waals surface area contributed by atoms with Crippen molar-refractivity contribution in [3.8, 4) is 11.5 Å². The molecule has 118 valence electrons. The molecule has 0 spiro atoms. The number of nitrogens with one attached hydrogen (secondary N) is 1. The van der Waals surface area contributed by atoms with Crippen molar-refractivity contribution in [1.29, 1.82) is 0 Å². The first-order chi connectivity index (χ1) is 10.3. The van der Waals surface area contributed by atoms with Crippen LogP contribution in [0, 0.1) is 0 Å². The highest BCUT2D eigenvalue weighted by molar-refractivity contribution is 6.33. The average molecular weight is 312 g/mol. The molecule has 0 radical (unpaired) electrons. The Morgan fingerprint density at radius 2 is 1.57 bits per heavy atom. The summed E-state index contributed by atoms with van der Waals surface area (Å²) in [6, 6.07) is 3.75. The second-order valence-electron chi connectivity index (χ2n) is 5.59. The molecule has 0 amide bonds. The number of unbranched alkanes of at least 4 members (excludes halogenated alkanes) is 7. The highest BCUT2D eigenvalue weighted by Crippen LogP contribution is 2.39. The Morgan fingerprint density at radius 1 is 0.952 bits per heavy atom. The fourth-order valence-electron chi connectivity index (χ4n) is 2.53.